The number of hydrogen-bond donors (Lipinski definition) is 4. The van der Waals surface area contributed by atoms with Crippen LogP contribution >= 0.6 is 0 Å². The van der Waals surface area contributed by atoms with Gasteiger partial charge in [0.25, 0.3) is 11.6 Å². The molecule has 0 saturated carbocycles. The van der Waals surface area contributed by atoms with Gasteiger partial charge in [0.1, 0.15) is 0 Å². The van der Waals surface area contributed by atoms with Crippen molar-refractivity contribution in [3.8, 4) is 11.6 Å². The van der Waals surface area contributed by atoms with Gasteiger partial charge >= 0.3 is 0 Å². The van der Waals surface area contributed by atoms with E-state index in [1.165, 1.54) is 9.03 Å². The van der Waals surface area contributed by atoms with Crippen LogP contribution in [0.1, 0.15) is 0 Å². The van der Waals surface area contributed by atoms with Gasteiger partial charge in [-0.3, -0.25) is 0 Å². The van der Waals surface area contributed by atoms with Gasteiger partial charge in [0.2, 0.25) is 23.5 Å². The first-order chi connectivity index (χ1) is 9.58. The first-order valence-electron chi connectivity index (χ1n) is 5.27. The van der Waals surface area contributed by atoms with Crippen LogP contribution in [0.5, 0.6) is 0 Å². The standard InChI is InChI=1S/C6H8N14/c7-3-11-13-5-17(9)1(15-19(3)5)2-16-20-4(8)12-14-6(20)18(2)10/h9-10H2,(H2,7,11)(H2,8,12). The molecule has 0 bridgehead atoms. The molecule has 0 atom stereocenters. The number of fused-ring (bicyclic) bond motifs is 2. The molecule has 14 nitrogen and oxygen atoms in total. The fraction of sp³-hybridized carbons (Fsp3) is 0. The molecule has 0 amide bonds. The van der Waals surface area contributed by atoms with Gasteiger partial charge in [-0.25, -0.2) is 9.35 Å². The first-order valence-corrected chi connectivity index (χ1v) is 5.27. The lowest BCUT2D eigenvalue weighted by molar-refractivity contribution is 0.899. The summed E-state index contributed by atoms with van der Waals surface area (Å²) in [6.45, 7) is 0. The van der Waals surface area contributed by atoms with Crippen molar-refractivity contribution in [2.75, 3.05) is 23.2 Å². The van der Waals surface area contributed by atoms with Crippen molar-refractivity contribution in [1.29, 1.82) is 0 Å². The molecule has 8 N–H and O–H groups in total. The molecule has 4 aromatic rings. The number of rotatable bonds is 1. The molecule has 102 valence electrons. The lowest BCUT2D eigenvalue weighted by Crippen LogP contribution is -2.16. The molecule has 0 aromatic carbocycles. The Morgan fingerprint density at radius 2 is 1.05 bits per heavy atom. The van der Waals surface area contributed by atoms with E-state index in [0.717, 1.165) is 9.35 Å². The molecule has 20 heavy (non-hydrogen) atoms. The molecular weight excluding hydrogens is 268 g/mol. The number of nitrogens with two attached hydrogens (primary N) is 4. The second-order valence-electron chi connectivity index (χ2n) is 3.93. The lowest BCUT2D eigenvalue weighted by atomic mass is 10.6. The minimum atomic E-state index is 0.0894. The molecule has 0 aliphatic heterocycles. The Hall–Kier alpha value is -3.58. The maximum Gasteiger partial charge on any atom is 0.274 e. The minimum absolute atomic E-state index is 0.0894. The third kappa shape index (κ3) is 1.02. The molecule has 0 radical (unpaired) electrons. The quantitative estimate of drug-likeness (QED) is 0.252. The Kier molecular flexibility index (Phi) is 1.58. The van der Waals surface area contributed by atoms with Crippen LogP contribution in [0.3, 0.4) is 0 Å². The lowest BCUT2D eigenvalue weighted by Gasteiger charge is -1.98. The summed E-state index contributed by atoms with van der Waals surface area (Å²) in [6.07, 6.45) is 0. The van der Waals surface area contributed by atoms with Gasteiger partial charge in [-0.15, -0.1) is 30.6 Å². The van der Waals surface area contributed by atoms with E-state index in [2.05, 4.69) is 30.6 Å². The summed E-state index contributed by atoms with van der Waals surface area (Å²) < 4.78 is 4.82. The van der Waals surface area contributed by atoms with E-state index in [9.17, 15) is 0 Å². The fourth-order valence-electron chi connectivity index (χ4n) is 1.84. The second-order valence-corrected chi connectivity index (χ2v) is 3.93. The van der Waals surface area contributed by atoms with Crippen molar-refractivity contribution in [2.24, 2.45) is 0 Å². The van der Waals surface area contributed by atoms with Crippen LogP contribution in [0.25, 0.3) is 23.2 Å². The number of nitrogen functional groups attached to an aromatic ring is 4. The predicted molar refractivity (Wildman–Crippen MR) is 65.7 cm³/mol. The molecule has 14 heteroatoms. The van der Waals surface area contributed by atoms with Crippen molar-refractivity contribution in [2.45, 2.75) is 0 Å². The molecule has 0 spiro atoms. The summed E-state index contributed by atoms with van der Waals surface area (Å²) in [5, 5.41) is 23.1. The third-order valence-corrected chi connectivity index (χ3v) is 2.77. The normalized spacial score (nSPS) is 11.8. The molecule has 4 rings (SSSR count). The van der Waals surface area contributed by atoms with Crippen LogP contribution in [0.15, 0.2) is 0 Å². The number of hydrogen-bond acceptors (Lipinski definition) is 10. The van der Waals surface area contributed by atoms with E-state index in [1.54, 1.807) is 0 Å². The van der Waals surface area contributed by atoms with Crippen molar-refractivity contribution in [3.05, 3.63) is 0 Å². The Labute approximate surface area is 108 Å². The van der Waals surface area contributed by atoms with E-state index in [0.29, 0.717) is 0 Å². The van der Waals surface area contributed by atoms with Gasteiger partial charge < -0.3 is 23.2 Å². The molecule has 0 aliphatic carbocycles. The zero-order chi connectivity index (χ0) is 14.0. The van der Waals surface area contributed by atoms with E-state index >= 15 is 0 Å². The maximum atomic E-state index is 5.87. The Bertz CT molecular complexity index is 867. The zero-order valence-corrected chi connectivity index (χ0v) is 9.78. The van der Waals surface area contributed by atoms with Gasteiger partial charge in [0.15, 0.2) is 0 Å². The predicted octanol–water partition coefficient (Wildman–Crippen LogP) is -3.58. The Balaban J connectivity index is 2.05. The smallest absolute Gasteiger partial charge is 0.274 e. The van der Waals surface area contributed by atoms with Crippen molar-refractivity contribution in [1.82, 2.24) is 49.0 Å². The summed E-state index contributed by atoms with van der Waals surface area (Å²) in [5.74, 6) is 12.8. The molecule has 4 heterocycles. The number of aromatic nitrogens is 10. The van der Waals surface area contributed by atoms with Crippen LogP contribution in [0.4, 0.5) is 11.9 Å². The molecule has 0 fully saturated rings. The molecule has 4 aromatic heterocycles. The van der Waals surface area contributed by atoms with E-state index in [1.807, 2.05) is 0 Å². The third-order valence-electron chi connectivity index (χ3n) is 2.77. The van der Waals surface area contributed by atoms with Crippen LogP contribution in [0.2, 0.25) is 0 Å². The average Bonchev–Trinajstić information content (AvgIpc) is 3.11. The van der Waals surface area contributed by atoms with Crippen LogP contribution in [-0.2, 0) is 0 Å². The number of nitrogens with zero attached hydrogens (tertiary/aromatic N) is 10. The molecular formula is C6H8N14. The highest BCUT2D eigenvalue weighted by Gasteiger charge is 2.22. The largest absolute Gasteiger partial charge is 0.366 e. The van der Waals surface area contributed by atoms with Gasteiger partial charge in [-0.1, -0.05) is 0 Å². The minimum Gasteiger partial charge on any atom is -0.366 e. The summed E-state index contributed by atoms with van der Waals surface area (Å²) in [6, 6.07) is 0. The highest BCUT2D eigenvalue weighted by Crippen LogP contribution is 2.18. The summed E-state index contributed by atoms with van der Waals surface area (Å²) in [7, 11) is 0. The highest BCUT2D eigenvalue weighted by molar-refractivity contribution is 5.55. The zero-order valence-electron chi connectivity index (χ0n) is 9.78. The van der Waals surface area contributed by atoms with Gasteiger partial charge in [-0.05, 0) is 0 Å². The van der Waals surface area contributed by atoms with E-state index < -0.39 is 0 Å². The summed E-state index contributed by atoms with van der Waals surface area (Å²) in [5.41, 5.74) is 11.2. The molecule has 0 saturated heterocycles. The van der Waals surface area contributed by atoms with Crippen LogP contribution in [0, 0.1) is 0 Å². The van der Waals surface area contributed by atoms with Gasteiger partial charge in [0.05, 0.1) is 0 Å². The van der Waals surface area contributed by atoms with Crippen molar-refractivity contribution >= 4 is 23.5 Å². The summed E-state index contributed by atoms with van der Waals surface area (Å²) in [4.78, 5) is 0. The SMILES string of the molecule is Nc1nnc2n(N)c(-c3nn4c(N)nnc4n3N)nn12. The highest BCUT2D eigenvalue weighted by atomic mass is 15.6. The first kappa shape index (κ1) is 10.4. The van der Waals surface area contributed by atoms with Crippen LogP contribution < -0.4 is 23.2 Å². The van der Waals surface area contributed by atoms with Crippen LogP contribution in [-0.4, -0.2) is 49.0 Å². The monoisotopic (exact) mass is 276 g/mol. The van der Waals surface area contributed by atoms with Gasteiger partial charge in [-0.2, -0.15) is 9.03 Å². The fourth-order valence-corrected chi connectivity index (χ4v) is 1.84. The topological polar surface area (TPSA) is 200 Å². The van der Waals surface area contributed by atoms with Gasteiger partial charge in [0, 0.05) is 0 Å². The molecule has 0 unspecified atom stereocenters. The van der Waals surface area contributed by atoms with E-state index in [-0.39, 0.29) is 35.1 Å². The molecule has 0 aliphatic rings. The summed E-state index contributed by atoms with van der Waals surface area (Å²) >= 11 is 0. The second kappa shape index (κ2) is 3.05. The number of anilines is 2. The van der Waals surface area contributed by atoms with E-state index in [4.69, 9.17) is 23.2 Å². The maximum absolute atomic E-state index is 5.87. The van der Waals surface area contributed by atoms with Crippen molar-refractivity contribution in [3.63, 3.8) is 0 Å². The Morgan fingerprint density at radius 1 is 0.650 bits per heavy atom. The Morgan fingerprint density at radius 3 is 1.40 bits per heavy atom. The average molecular weight is 276 g/mol. The van der Waals surface area contributed by atoms with Crippen molar-refractivity contribution < 1.29 is 0 Å².